The van der Waals surface area contributed by atoms with Crippen molar-refractivity contribution < 1.29 is 4.42 Å². The summed E-state index contributed by atoms with van der Waals surface area (Å²) in [6, 6.07) is 13.5. The molecule has 1 aliphatic carbocycles. The minimum absolute atomic E-state index is 0.0965. The molecule has 0 saturated heterocycles. The van der Waals surface area contributed by atoms with Crippen molar-refractivity contribution in [3.8, 4) is 11.1 Å². The van der Waals surface area contributed by atoms with E-state index in [1.807, 2.05) is 6.07 Å². The van der Waals surface area contributed by atoms with Gasteiger partial charge in [0.1, 0.15) is 11.2 Å². The van der Waals surface area contributed by atoms with Crippen molar-refractivity contribution in [2.75, 3.05) is 0 Å². The molecule has 3 heterocycles. The second kappa shape index (κ2) is 8.59. The summed E-state index contributed by atoms with van der Waals surface area (Å²) in [5.74, 6) is 0.415. The number of aromatic nitrogens is 3. The molecule has 6 nitrogen and oxygen atoms in total. The quantitative estimate of drug-likeness (QED) is 0.299. The lowest BCUT2D eigenvalue weighted by Crippen LogP contribution is -2.15. The molecule has 180 valence electrons. The van der Waals surface area contributed by atoms with Crippen molar-refractivity contribution in [1.82, 2.24) is 14.8 Å². The molecule has 0 spiro atoms. The second-order valence-corrected chi connectivity index (χ2v) is 10.3. The number of fused-ring (bicyclic) bond motifs is 4. The smallest absolute Gasteiger partial charge is 0.274 e. The minimum Gasteiger partial charge on any atom is -0.454 e. The number of benzene rings is 2. The predicted octanol–water partition coefficient (Wildman–Crippen LogP) is 6.99. The van der Waals surface area contributed by atoms with Crippen molar-refractivity contribution in [1.29, 1.82) is 0 Å². The van der Waals surface area contributed by atoms with Gasteiger partial charge in [-0.3, -0.25) is 19.4 Å². The monoisotopic (exact) mass is 469 g/mol. The highest BCUT2D eigenvalue weighted by molar-refractivity contribution is 6.14. The Morgan fingerprint density at radius 2 is 1.66 bits per heavy atom. The SMILES string of the molecule is CC(C)c1ccc(-c2c3oc4cc(=O)ccc4c3[nH]c3c2c(=O)[nH]n3C2CCCCCCC2)cc1. The van der Waals surface area contributed by atoms with Crippen LogP contribution in [-0.2, 0) is 0 Å². The molecule has 6 rings (SSSR count). The van der Waals surface area contributed by atoms with Crippen LogP contribution in [0.25, 0.3) is 44.2 Å². The number of hydrogen-bond acceptors (Lipinski definition) is 3. The van der Waals surface area contributed by atoms with Gasteiger partial charge in [-0.05, 0) is 42.0 Å². The zero-order valence-electron chi connectivity index (χ0n) is 20.3. The first-order valence-corrected chi connectivity index (χ1v) is 12.8. The molecule has 0 bridgehead atoms. The Balaban J connectivity index is 1.67. The lowest BCUT2D eigenvalue weighted by molar-refractivity contribution is 0.353. The summed E-state index contributed by atoms with van der Waals surface area (Å²) >= 11 is 0. The molecule has 0 aliphatic heterocycles. The lowest BCUT2D eigenvalue weighted by Gasteiger charge is -2.21. The van der Waals surface area contributed by atoms with Gasteiger partial charge in [-0.25, -0.2) is 0 Å². The minimum atomic E-state index is -0.117. The Kier molecular flexibility index (Phi) is 5.39. The van der Waals surface area contributed by atoms with Crippen molar-refractivity contribution in [3.63, 3.8) is 0 Å². The highest BCUT2D eigenvalue weighted by Gasteiger charge is 2.24. The Morgan fingerprint density at radius 3 is 2.37 bits per heavy atom. The lowest BCUT2D eigenvalue weighted by atomic mass is 9.96. The van der Waals surface area contributed by atoms with Crippen LogP contribution in [0.2, 0.25) is 0 Å². The highest BCUT2D eigenvalue weighted by Crippen LogP contribution is 2.39. The van der Waals surface area contributed by atoms with E-state index >= 15 is 0 Å². The largest absolute Gasteiger partial charge is 0.454 e. The molecule has 2 aromatic carbocycles. The van der Waals surface area contributed by atoms with E-state index in [2.05, 4.69) is 52.9 Å². The number of rotatable bonds is 3. The maximum atomic E-state index is 13.5. The first kappa shape index (κ1) is 22.0. The van der Waals surface area contributed by atoms with Gasteiger partial charge in [0.2, 0.25) is 0 Å². The number of hydrogen-bond donors (Lipinski definition) is 2. The van der Waals surface area contributed by atoms with Crippen LogP contribution in [0.5, 0.6) is 0 Å². The fourth-order valence-corrected chi connectivity index (χ4v) is 5.69. The summed E-state index contributed by atoms with van der Waals surface area (Å²) < 4.78 is 8.32. The number of furan rings is 1. The van der Waals surface area contributed by atoms with Gasteiger partial charge < -0.3 is 9.40 Å². The molecule has 0 atom stereocenters. The van der Waals surface area contributed by atoms with E-state index in [1.165, 1.54) is 43.7 Å². The summed E-state index contributed by atoms with van der Waals surface area (Å²) in [7, 11) is 0. The Morgan fingerprint density at radius 1 is 0.943 bits per heavy atom. The van der Waals surface area contributed by atoms with Crippen LogP contribution in [0.15, 0.2) is 56.5 Å². The van der Waals surface area contributed by atoms with Gasteiger partial charge in [0.15, 0.2) is 11.0 Å². The van der Waals surface area contributed by atoms with Crippen molar-refractivity contribution in [2.24, 2.45) is 0 Å². The molecule has 35 heavy (non-hydrogen) atoms. The van der Waals surface area contributed by atoms with Gasteiger partial charge in [-0.15, -0.1) is 0 Å². The van der Waals surface area contributed by atoms with E-state index in [0.29, 0.717) is 22.5 Å². The molecule has 0 unspecified atom stereocenters. The molecule has 5 aromatic rings. The average Bonchev–Trinajstić information content (AvgIpc) is 3.34. The molecule has 1 saturated carbocycles. The predicted molar refractivity (Wildman–Crippen MR) is 141 cm³/mol. The third-order valence-electron chi connectivity index (χ3n) is 7.61. The maximum Gasteiger partial charge on any atom is 0.274 e. The zero-order valence-corrected chi connectivity index (χ0v) is 20.3. The van der Waals surface area contributed by atoms with Crippen molar-refractivity contribution in [2.45, 2.75) is 70.8 Å². The molecule has 1 aliphatic rings. The third-order valence-corrected chi connectivity index (χ3v) is 7.61. The fraction of sp³-hybridized carbons (Fsp3) is 0.379. The standard InChI is InChI=1S/C29H31N3O3/c1-17(2)18-10-12-19(13-11-18)24-25-28(30-26-22-15-14-21(33)16-23(22)35-27(24)26)32(31-29(25)34)20-8-6-4-3-5-7-9-20/h10-17,20,30H,3-9H2,1-2H3,(H,31,34). The van der Waals surface area contributed by atoms with Gasteiger partial charge >= 0.3 is 0 Å². The van der Waals surface area contributed by atoms with E-state index in [0.717, 1.165) is 40.5 Å². The van der Waals surface area contributed by atoms with Crippen molar-refractivity contribution in [3.05, 3.63) is 68.6 Å². The molecule has 0 amide bonds. The fourth-order valence-electron chi connectivity index (χ4n) is 5.69. The van der Waals surface area contributed by atoms with Crippen LogP contribution in [-0.4, -0.2) is 14.8 Å². The molecule has 1 fully saturated rings. The summed E-state index contributed by atoms with van der Waals surface area (Å²) in [6.45, 7) is 4.34. The average molecular weight is 470 g/mol. The summed E-state index contributed by atoms with van der Waals surface area (Å²) in [6.07, 6.45) is 8.21. The summed E-state index contributed by atoms with van der Waals surface area (Å²) in [4.78, 5) is 29.1. The van der Waals surface area contributed by atoms with Gasteiger partial charge in [0.25, 0.3) is 5.56 Å². The summed E-state index contributed by atoms with van der Waals surface area (Å²) in [5, 5.41) is 4.63. The van der Waals surface area contributed by atoms with Crippen LogP contribution in [0.3, 0.4) is 0 Å². The van der Waals surface area contributed by atoms with Crippen LogP contribution >= 0.6 is 0 Å². The topological polar surface area (TPSA) is 83.8 Å². The van der Waals surface area contributed by atoms with E-state index < -0.39 is 0 Å². The maximum absolute atomic E-state index is 13.5. The zero-order chi connectivity index (χ0) is 24.1. The van der Waals surface area contributed by atoms with Crippen LogP contribution in [0.1, 0.15) is 76.3 Å². The first-order valence-electron chi connectivity index (χ1n) is 12.8. The molecule has 6 heteroatoms. The van der Waals surface area contributed by atoms with E-state index in [-0.39, 0.29) is 17.0 Å². The number of nitrogens with zero attached hydrogens (tertiary/aromatic N) is 1. The Labute approximate surface area is 202 Å². The molecule has 3 aromatic heterocycles. The number of pyridine rings is 1. The number of nitrogens with one attached hydrogen (secondary N) is 2. The molecule has 2 N–H and O–H groups in total. The van der Waals surface area contributed by atoms with Crippen LogP contribution < -0.4 is 11.0 Å². The Hall–Kier alpha value is -3.54. The number of H-pyrrole nitrogens is 2. The van der Waals surface area contributed by atoms with Crippen LogP contribution in [0, 0.1) is 0 Å². The van der Waals surface area contributed by atoms with E-state index in [9.17, 15) is 9.59 Å². The van der Waals surface area contributed by atoms with Gasteiger partial charge in [0, 0.05) is 17.0 Å². The molecule has 0 radical (unpaired) electrons. The van der Waals surface area contributed by atoms with Gasteiger partial charge in [-0.2, -0.15) is 0 Å². The normalized spacial score (nSPS) is 15.9. The van der Waals surface area contributed by atoms with Crippen LogP contribution in [0.4, 0.5) is 0 Å². The van der Waals surface area contributed by atoms with Crippen molar-refractivity contribution >= 4 is 33.1 Å². The molecular formula is C29H31N3O3. The van der Waals surface area contributed by atoms with Gasteiger partial charge in [0.05, 0.1) is 16.9 Å². The van der Waals surface area contributed by atoms with E-state index in [1.54, 1.807) is 6.07 Å². The number of aromatic amines is 2. The van der Waals surface area contributed by atoms with E-state index in [4.69, 9.17) is 4.42 Å². The third kappa shape index (κ3) is 3.72. The molecular weight excluding hydrogens is 438 g/mol. The van der Waals surface area contributed by atoms with Gasteiger partial charge in [-0.1, -0.05) is 70.2 Å². The first-order chi connectivity index (χ1) is 17.0. The highest BCUT2D eigenvalue weighted by atomic mass is 16.3. The summed E-state index contributed by atoms with van der Waals surface area (Å²) in [5.41, 5.74) is 5.49. The Bertz CT molecular complexity index is 1640. The second-order valence-electron chi connectivity index (χ2n) is 10.3.